The molecule has 0 radical (unpaired) electrons. The van der Waals surface area contributed by atoms with Crippen LogP contribution in [-0.2, 0) is 0 Å². The first-order valence-corrected chi connectivity index (χ1v) is 6.27. The zero-order chi connectivity index (χ0) is 13.7. The van der Waals surface area contributed by atoms with E-state index in [4.69, 9.17) is 5.26 Å². The van der Waals surface area contributed by atoms with Crippen molar-refractivity contribution in [3.8, 4) is 6.07 Å². The van der Waals surface area contributed by atoms with Crippen LogP contribution in [0.5, 0.6) is 0 Å². The molecule has 1 saturated heterocycles. The topological polar surface area (TPSA) is 51.1 Å². The van der Waals surface area contributed by atoms with Crippen molar-refractivity contribution in [3.63, 3.8) is 0 Å². The van der Waals surface area contributed by atoms with Crippen LogP contribution in [0.1, 0.15) is 5.56 Å². The highest BCUT2D eigenvalue weighted by atomic mass is 19.1. The summed E-state index contributed by atoms with van der Waals surface area (Å²) in [6.45, 7) is 4.99. The first kappa shape index (κ1) is 13.7. The molecule has 0 unspecified atom stereocenters. The molecular weight excluding hydrogens is 250 g/mol. The zero-order valence-electron chi connectivity index (χ0n) is 10.5. The molecule has 1 aromatic rings. The van der Waals surface area contributed by atoms with Gasteiger partial charge in [0.05, 0.1) is 11.6 Å². The number of nitrogens with one attached hydrogen (secondary N) is 2. The van der Waals surface area contributed by atoms with E-state index in [9.17, 15) is 8.78 Å². The second-order valence-corrected chi connectivity index (χ2v) is 4.45. The molecule has 2 rings (SSSR count). The Hall–Kier alpha value is -1.71. The van der Waals surface area contributed by atoms with Crippen molar-refractivity contribution in [1.29, 1.82) is 5.26 Å². The molecule has 0 amide bonds. The minimum atomic E-state index is -0.725. The maximum absolute atomic E-state index is 13.6. The van der Waals surface area contributed by atoms with Crippen LogP contribution in [0.15, 0.2) is 12.1 Å². The summed E-state index contributed by atoms with van der Waals surface area (Å²) in [7, 11) is 0. The lowest BCUT2D eigenvalue weighted by Crippen LogP contribution is -2.45. The highest BCUT2D eigenvalue weighted by Gasteiger charge is 2.12. The molecule has 1 aromatic carbocycles. The fraction of sp³-hybridized carbons (Fsp3) is 0.462. The molecule has 0 aromatic heterocycles. The van der Waals surface area contributed by atoms with E-state index in [2.05, 4.69) is 15.5 Å². The number of nitriles is 1. The average Bonchev–Trinajstić information content (AvgIpc) is 2.42. The van der Waals surface area contributed by atoms with Crippen molar-refractivity contribution >= 4 is 5.69 Å². The summed E-state index contributed by atoms with van der Waals surface area (Å²) in [6, 6.07) is 3.80. The fourth-order valence-corrected chi connectivity index (χ4v) is 2.08. The Balaban J connectivity index is 1.90. The SMILES string of the molecule is N#Cc1cc(F)c(NCCN2CCNCC2)c(F)c1. The van der Waals surface area contributed by atoms with Crippen LogP contribution < -0.4 is 10.6 Å². The molecule has 19 heavy (non-hydrogen) atoms. The van der Waals surface area contributed by atoms with Crippen molar-refractivity contribution in [2.45, 2.75) is 0 Å². The zero-order valence-corrected chi connectivity index (χ0v) is 10.5. The van der Waals surface area contributed by atoms with Gasteiger partial charge in [0.15, 0.2) is 11.6 Å². The molecule has 102 valence electrons. The maximum Gasteiger partial charge on any atom is 0.150 e. The van der Waals surface area contributed by atoms with Crippen molar-refractivity contribution in [3.05, 3.63) is 29.3 Å². The molecule has 1 aliphatic heterocycles. The first-order valence-electron chi connectivity index (χ1n) is 6.27. The van der Waals surface area contributed by atoms with E-state index in [1.54, 1.807) is 6.07 Å². The van der Waals surface area contributed by atoms with Gasteiger partial charge in [0.25, 0.3) is 0 Å². The Morgan fingerprint density at radius 1 is 1.26 bits per heavy atom. The van der Waals surface area contributed by atoms with Crippen molar-refractivity contribution in [2.75, 3.05) is 44.6 Å². The summed E-state index contributed by atoms with van der Waals surface area (Å²) in [5.74, 6) is -1.45. The molecule has 1 heterocycles. The van der Waals surface area contributed by atoms with Gasteiger partial charge in [0.1, 0.15) is 5.69 Å². The molecule has 0 saturated carbocycles. The van der Waals surface area contributed by atoms with Gasteiger partial charge in [-0.05, 0) is 12.1 Å². The molecule has 0 bridgehead atoms. The number of halogens is 2. The Bertz CT molecular complexity index is 455. The number of benzene rings is 1. The standard InChI is InChI=1S/C13H16F2N4/c14-11-7-10(9-16)8-12(15)13(11)18-3-6-19-4-1-17-2-5-19/h7-8,17-18H,1-6H2. The van der Waals surface area contributed by atoms with Crippen LogP contribution in [0.3, 0.4) is 0 Å². The predicted octanol–water partition coefficient (Wildman–Crippen LogP) is 1.15. The number of rotatable bonds is 4. The van der Waals surface area contributed by atoms with Crippen molar-refractivity contribution in [1.82, 2.24) is 10.2 Å². The van der Waals surface area contributed by atoms with Gasteiger partial charge in [-0.15, -0.1) is 0 Å². The number of hydrogen-bond acceptors (Lipinski definition) is 4. The number of nitrogens with zero attached hydrogens (tertiary/aromatic N) is 2. The summed E-state index contributed by atoms with van der Waals surface area (Å²) in [5, 5.41) is 14.6. The molecule has 0 spiro atoms. The molecule has 0 atom stereocenters. The van der Waals surface area contributed by atoms with Crippen LogP contribution >= 0.6 is 0 Å². The Labute approximate surface area is 111 Å². The lowest BCUT2D eigenvalue weighted by molar-refractivity contribution is 0.249. The molecule has 6 heteroatoms. The Morgan fingerprint density at radius 2 is 1.89 bits per heavy atom. The van der Waals surface area contributed by atoms with Crippen LogP contribution in [0, 0.1) is 23.0 Å². The van der Waals surface area contributed by atoms with Gasteiger partial charge in [-0.2, -0.15) is 5.26 Å². The second kappa shape index (κ2) is 6.45. The predicted molar refractivity (Wildman–Crippen MR) is 68.9 cm³/mol. The molecule has 1 aliphatic rings. The van der Waals surface area contributed by atoms with Crippen LogP contribution in [-0.4, -0.2) is 44.2 Å². The molecule has 2 N–H and O–H groups in total. The van der Waals surface area contributed by atoms with E-state index >= 15 is 0 Å². The van der Waals surface area contributed by atoms with Crippen LogP contribution in [0.25, 0.3) is 0 Å². The van der Waals surface area contributed by atoms with Crippen LogP contribution in [0.2, 0.25) is 0 Å². The summed E-state index contributed by atoms with van der Waals surface area (Å²) in [5.41, 5.74) is -0.170. The Morgan fingerprint density at radius 3 is 2.47 bits per heavy atom. The lowest BCUT2D eigenvalue weighted by atomic mass is 10.2. The van der Waals surface area contributed by atoms with E-state index in [-0.39, 0.29) is 11.3 Å². The third-order valence-electron chi connectivity index (χ3n) is 3.11. The Kier molecular flexibility index (Phi) is 4.66. The lowest BCUT2D eigenvalue weighted by Gasteiger charge is -2.27. The van der Waals surface area contributed by atoms with E-state index in [1.807, 2.05) is 0 Å². The molecular formula is C13H16F2N4. The summed E-state index contributed by atoms with van der Waals surface area (Å²) < 4.78 is 27.2. The van der Waals surface area contributed by atoms with Gasteiger partial charge in [0, 0.05) is 39.3 Å². The van der Waals surface area contributed by atoms with Gasteiger partial charge in [-0.1, -0.05) is 0 Å². The van der Waals surface area contributed by atoms with Gasteiger partial charge in [0.2, 0.25) is 0 Å². The normalized spacial score (nSPS) is 16.1. The highest BCUT2D eigenvalue weighted by molar-refractivity contribution is 5.50. The molecule has 4 nitrogen and oxygen atoms in total. The maximum atomic E-state index is 13.6. The number of hydrogen-bond donors (Lipinski definition) is 2. The number of piperazine rings is 1. The van der Waals surface area contributed by atoms with E-state index < -0.39 is 11.6 Å². The largest absolute Gasteiger partial charge is 0.379 e. The third-order valence-corrected chi connectivity index (χ3v) is 3.11. The minimum Gasteiger partial charge on any atom is -0.379 e. The smallest absolute Gasteiger partial charge is 0.150 e. The average molecular weight is 266 g/mol. The van der Waals surface area contributed by atoms with E-state index in [0.717, 1.165) is 44.9 Å². The summed E-state index contributed by atoms with van der Waals surface area (Å²) in [6.07, 6.45) is 0. The fourth-order valence-electron chi connectivity index (χ4n) is 2.08. The quantitative estimate of drug-likeness (QED) is 0.858. The second-order valence-electron chi connectivity index (χ2n) is 4.45. The van der Waals surface area contributed by atoms with E-state index in [0.29, 0.717) is 6.54 Å². The van der Waals surface area contributed by atoms with Crippen molar-refractivity contribution < 1.29 is 8.78 Å². The number of anilines is 1. The van der Waals surface area contributed by atoms with Gasteiger partial charge >= 0.3 is 0 Å². The highest BCUT2D eigenvalue weighted by Crippen LogP contribution is 2.20. The molecule has 0 aliphatic carbocycles. The summed E-state index contributed by atoms with van der Waals surface area (Å²) in [4.78, 5) is 2.23. The minimum absolute atomic E-state index is 0.0114. The summed E-state index contributed by atoms with van der Waals surface area (Å²) >= 11 is 0. The van der Waals surface area contributed by atoms with Gasteiger partial charge in [-0.25, -0.2) is 8.78 Å². The van der Waals surface area contributed by atoms with Gasteiger partial charge in [-0.3, -0.25) is 4.90 Å². The molecule has 1 fully saturated rings. The van der Waals surface area contributed by atoms with Gasteiger partial charge < -0.3 is 10.6 Å². The van der Waals surface area contributed by atoms with E-state index in [1.165, 1.54) is 0 Å². The monoisotopic (exact) mass is 266 g/mol. The third kappa shape index (κ3) is 3.63. The van der Waals surface area contributed by atoms with Crippen LogP contribution in [0.4, 0.5) is 14.5 Å². The van der Waals surface area contributed by atoms with Crippen molar-refractivity contribution in [2.24, 2.45) is 0 Å². The first-order chi connectivity index (χ1) is 9.20.